The summed E-state index contributed by atoms with van der Waals surface area (Å²) in [5, 5.41) is 6.62. The lowest BCUT2D eigenvalue weighted by atomic mass is 10.0. The molecule has 1 aliphatic heterocycles. The van der Waals surface area contributed by atoms with Gasteiger partial charge in [0.2, 0.25) is 10.0 Å². The van der Waals surface area contributed by atoms with E-state index in [0.717, 1.165) is 47.8 Å². The predicted molar refractivity (Wildman–Crippen MR) is 98.2 cm³/mol. The molecule has 3 heterocycles. The van der Waals surface area contributed by atoms with Gasteiger partial charge in [0.05, 0.1) is 11.6 Å². The Morgan fingerprint density at radius 3 is 2.75 bits per heavy atom. The molecule has 2 N–H and O–H groups in total. The summed E-state index contributed by atoms with van der Waals surface area (Å²) in [6.07, 6.45) is 3.22. The van der Waals surface area contributed by atoms with Crippen LogP contribution in [0.3, 0.4) is 0 Å². The summed E-state index contributed by atoms with van der Waals surface area (Å²) >= 11 is 1.65. The Bertz CT molecular complexity index is 797. The van der Waals surface area contributed by atoms with E-state index in [1.807, 2.05) is 6.92 Å². The minimum Gasteiger partial charge on any atom is -0.356 e. The molecule has 0 atom stereocenters. The number of hydrogen-bond acceptors (Lipinski definition) is 7. The van der Waals surface area contributed by atoms with E-state index in [0.29, 0.717) is 19.1 Å². The van der Waals surface area contributed by atoms with Crippen molar-refractivity contribution in [3.63, 3.8) is 0 Å². The van der Waals surface area contributed by atoms with Crippen molar-refractivity contribution in [1.82, 2.24) is 20.0 Å². The molecule has 9 heteroatoms. The van der Waals surface area contributed by atoms with E-state index >= 15 is 0 Å². The summed E-state index contributed by atoms with van der Waals surface area (Å²) < 4.78 is 24.6. The molecule has 0 spiro atoms. The van der Waals surface area contributed by atoms with E-state index in [9.17, 15) is 8.42 Å². The van der Waals surface area contributed by atoms with Crippen LogP contribution in [0.15, 0.2) is 11.4 Å². The molecular weight excluding hydrogens is 346 g/mol. The lowest BCUT2D eigenvalue weighted by molar-refractivity contribution is 0.416. The summed E-state index contributed by atoms with van der Waals surface area (Å²) in [5.41, 5.74) is 0. The third kappa shape index (κ3) is 4.41. The molecule has 0 aromatic carbocycles. The van der Waals surface area contributed by atoms with E-state index < -0.39 is 10.0 Å². The molecule has 2 aromatic rings. The first-order chi connectivity index (χ1) is 11.4. The Hall–Kier alpha value is -1.29. The Labute approximate surface area is 146 Å². The third-order valence-corrected chi connectivity index (χ3v) is 5.67. The second kappa shape index (κ2) is 7.30. The Balaban J connectivity index is 1.54. The minimum absolute atomic E-state index is 0.420. The van der Waals surface area contributed by atoms with Crippen molar-refractivity contribution in [1.29, 1.82) is 0 Å². The maximum atomic E-state index is 11.0. The van der Waals surface area contributed by atoms with Crippen LogP contribution in [0.25, 0.3) is 10.2 Å². The second-order valence-electron chi connectivity index (χ2n) is 6.12. The highest BCUT2D eigenvalue weighted by atomic mass is 32.2. The molecule has 0 aliphatic carbocycles. The second-order valence-corrected chi connectivity index (χ2v) is 8.84. The largest absolute Gasteiger partial charge is 0.356 e. The predicted octanol–water partition coefficient (Wildman–Crippen LogP) is 1.11. The zero-order valence-corrected chi connectivity index (χ0v) is 15.6. The standard InChI is InChI=1S/C15H23N5O2S2/c1-11-18-14(13-5-10-23-15(13)19-11)20-8-3-12(4-9-20)16-6-7-17-24(2,21)22/h5,10,12,16-17H,3-4,6-9H2,1-2H3. The van der Waals surface area contributed by atoms with E-state index in [2.05, 4.69) is 36.4 Å². The van der Waals surface area contributed by atoms with Gasteiger partial charge in [-0.05, 0) is 31.2 Å². The molecule has 0 bridgehead atoms. The first-order valence-electron chi connectivity index (χ1n) is 8.07. The van der Waals surface area contributed by atoms with Gasteiger partial charge in [-0.25, -0.2) is 23.1 Å². The molecule has 132 valence electrons. The fraction of sp³-hybridized carbons (Fsp3) is 0.600. The van der Waals surface area contributed by atoms with Crippen LogP contribution in [0.4, 0.5) is 5.82 Å². The number of rotatable bonds is 6. The van der Waals surface area contributed by atoms with E-state index in [1.54, 1.807) is 11.3 Å². The summed E-state index contributed by atoms with van der Waals surface area (Å²) in [7, 11) is -3.10. The van der Waals surface area contributed by atoms with Crippen LogP contribution in [0.2, 0.25) is 0 Å². The van der Waals surface area contributed by atoms with Crippen molar-refractivity contribution in [2.45, 2.75) is 25.8 Å². The number of hydrogen-bond donors (Lipinski definition) is 2. The average molecular weight is 370 g/mol. The lowest BCUT2D eigenvalue weighted by Crippen LogP contribution is -2.45. The van der Waals surface area contributed by atoms with Crippen LogP contribution in [0.5, 0.6) is 0 Å². The van der Waals surface area contributed by atoms with Crippen molar-refractivity contribution in [2.24, 2.45) is 0 Å². The maximum absolute atomic E-state index is 11.0. The molecule has 0 radical (unpaired) electrons. The molecule has 0 saturated carbocycles. The third-order valence-electron chi connectivity index (χ3n) is 4.13. The average Bonchev–Trinajstić information content (AvgIpc) is 2.98. The Kier molecular flexibility index (Phi) is 5.33. The van der Waals surface area contributed by atoms with Crippen molar-refractivity contribution in [2.75, 3.05) is 37.3 Å². The summed E-state index contributed by atoms with van der Waals surface area (Å²) in [6.45, 7) is 4.90. The van der Waals surface area contributed by atoms with Gasteiger partial charge in [-0.3, -0.25) is 0 Å². The normalized spacial score (nSPS) is 16.8. The van der Waals surface area contributed by atoms with Crippen LogP contribution in [-0.2, 0) is 10.0 Å². The number of nitrogens with zero attached hydrogens (tertiary/aromatic N) is 3. The number of nitrogens with one attached hydrogen (secondary N) is 2. The number of aryl methyl sites for hydroxylation is 1. The Morgan fingerprint density at radius 1 is 1.29 bits per heavy atom. The highest BCUT2D eigenvalue weighted by Crippen LogP contribution is 2.29. The van der Waals surface area contributed by atoms with Crippen molar-refractivity contribution >= 4 is 37.4 Å². The summed E-state index contributed by atoms with van der Waals surface area (Å²) in [4.78, 5) is 12.5. The molecular formula is C15H23N5O2S2. The quantitative estimate of drug-likeness (QED) is 0.742. The van der Waals surface area contributed by atoms with Gasteiger partial charge < -0.3 is 10.2 Å². The first kappa shape index (κ1) is 17.5. The van der Waals surface area contributed by atoms with E-state index in [4.69, 9.17) is 0 Å². The smallest absolute Gasteiger partial charge is 0.208 e. The number of fused-ring (bicyclic) bond motifs is 1. The molecule has 0 amide bonds. The van der Waals surface area contributed by atoms with Crippen LogP contribution >= 0.6 is 11.3 Å². The first-order valence-corrected chi connectivity index (χ1v) is 10.8. The van der Waals surface area contributed by atoms with Gasteiger partial charge in [0.25, 0.3) is 0 Å². The maximum Gasteiger partial charge on any atom is 0.208 e. The van der Waals surface area contributed by atoms with Crippen LogP contribution in [0.1, 0.15) is 18.7 Å². The number of aromatic nitrogens is 2. The van der Waals surface area contributed by atoms with E-state index in [1.165, 1.54) is 6.26 Å². The highest BCUT2D eigenvalue weighted by molar-refractivity contribution is 7.88. The number of thiophene rings is 1. The topological polar surface area (TPSA) is 87.2 Å². The van der Waals surface area contributed by atoms with Gasteiger partial charge in [0, 0.05) is 32.2 Å². The number of piperidine rings is 1. The van der Waals surface area contributed by atoms with Crippen LogP contribution in [0, 0.1) is 6.92 Å². The Morgan fingerprint density at radius 2 is 2.04 bits per heavy atom. The van der Waals surface area contributed by atoms with Gasteiger partial charge in [0.15, 0.2) is 0 Å². The molecule has 0 unspecified atom stereocenters. The lowest BCUT2D eigenvalue weighted by Gasteiger charge is -2.33. The number of anilines is 1. The van der Waals surface area contributed by atoms with Crippen LogP contribution < -0.4 is 14.9 Å². The van der Waals surface area contributed by atoms with Crippen LogP contribution in [-0.4, -0.2) is 56.9 Å². The highest BCUT2D eigenvalue weighted by Gasteiger charge is 2.22. The summed E-state index contributed by atoms with van der Waals surface area (Å²) in [6, 6.07) is 2.51. The molecule has 7 nitrogen and oxygen atoms in total. The number of sulfonamides is 1. The fourth-order valence-electron chi connectivity index (χ4n) is 2.99. The van der Waals surface area contributed by atoms with Gasteiger partial charge in [-0.15, -0.1) is 11.3 Å². The molecule has 3 rings (SSSR count). The zero-order valence-electron chi connectivity index (χ0n) is 13.9. The molecule has 1 fully saturated rings. The van der Waals surface area contributed by atoms with Crippen molar-refractivity contribution < 1.29 is 8.42 Å². The fourth-order valence-corrected chi connectivity index (χ4v) is 4.27. The van der Waals surface area contributed by atoms with Crippen molar-refractivity contribution in [3.8, 4) is 0 Å². The molecule has 1 aliphatic rings. The van der Waals surface area contributed by atoms with Crippen molar-refractivity contribution in [3.05, 3.63) is 17.3 Å². The SMILES string of the molecule is Cc1nc(N2CCC(NCCNS(C)(=O)=O)CC2)c2ccsc2n1. The van der Waals surface area contributed by atoms with Gasteiger partial charge >= 0.3 is 0 Å². The monoisotopic (exact) mass is 369 g/mol. The summed E-state index contributed by atoms with van der Waals surface area (Å²) in [5.74, 6) is 1.85. The molecule has 2 aromatic heterocycles. The molecule has 24 heavy (non-hydrogen) atoms. The molecule has 1 saturated heterocycles. The van der Waals surface area contributed by atoms with Gasteiger partial charge in [-0.1, -0.05) is 0 Å². The van der Waals surface area contributed by atoms with Gasteiger partial charge in [0.1, 0.15) is 16.5 Å². The minimum atomic E-state index is -3.10. The zero-order chi connectivity index (χ0) is 17.2. The van der Waals surface area contributed by atoms with Gasteiger partial charge in [-0.2, -0.15) is 0 Å². The van der Waals surface area contributed by atoms with E-state index in [-0.39, 0.29) is 0 Å².